The summed E-state index contributed by atoms with van der Waals surface area (Å²) in [6.07, 6.45) is 1.24. The van der Waals surface area contributed by atoms with Crippen molar-refractivity contribution in [2.45, 2.75) is 13.1 Å². The van der Waals surface area contributed by atoms with Gasteiger partial charge in [-0.05, 0) is 18.2 Å². The molecular weight excluding hydrogens is 262 g/mol. The molecule has 2 rings (SSSR count). The van der Waals surface area contributed by atoms with Gasteiger partial charge in [-0.25, -0.2) is 4.79 Å². The summed E-state index contributed by atoms with van der Waals surface area (Å²) in [4.78, 5) is 11.7. The average molecular weight is 272 g/mol. The van der Waals surface area contributed by atoms with E-state index >= 15 is 0 Å². The first kappa shape index (κ1) is 12.2. The number of carboxylic acid groups (broad SMARTS) is 1. The number of hydrogen-bond acceptors (Lipinski definition) is 4. The summed E-state index contributed by atoms with van der Waals surface area (Å²) in [5.41, 5.74) is 0.168. The third-order valence-electron chi connectivity index (χ3n) is 2.13. The molecule has 0 aliphatic rings. The van der Waals surface area contributed by atoms with Gasteiger partial charge >= 0.3 is 5.97 Å². The van der Waals surface area contributed by atoms with Gasteiger partial charge in [0.1, 0.15) is 12.0 Å². The lowest BCUT2D eigenvalue weighted by molar-refractivity contribution is 0.0696. The van der Waals surface area contributed by atoms with E-state index < -0.39 is 5.97 Å². The van der Waals surface area contributed by atoms with E-state index in [2.05, 4.69) is 5.32 Å². The summed E-state index contributed by atoms with van der Waals surface area (Å²) < 4.78 is 5.86. The van der Waals surface area contributed by atoms with Crippen LogP contribution in [-0.2, 0) is 13.1 Å². The van der Waals surface area contributed by atoms with E-state index in [-0.39, 0.29) is 5.56 Å². The van der Waals surface area contributed by atoms with Gasteiger partial charge in [0.15, 0.2) is 0 Å². The van der Waals surface area contributed by atoms with Crippen molar-refractivity contribution in [1.82, 2.24) is 5.32 Å². The second-order valence-electron chi connectivity index (χ2n) is 3.42. The Kier molecular flexibility index (Phi) is 3.83. The van der Waals surface area contributed by atoms with E-state index in [0.29, 0.717) is 18.8 Å². The van der Waals surface area contributed by atoms with Crippen LogP contribution in [0.4, 0.5) is 0 Å². The number of nitrogens with one attached hydrogen (secondary N) is 1. The van der Waals surface area contributed by atoms with Gasteiger partial charge in [-0.3, -0.25) is 0 Å². The summed E-state index contributed by atoms with van der Waals surface area (Å²) >= 11 is 7.31. The zero-order chi connectivity index (χ0) is 12.3. The molecule has 0 aliphatic heterocycles. The Labute approximate surface area is 107 Å². The smallest absolute Gasteiger partial charge is 0.338 e. The van der Waals surface area contributed by atoms with E-state index in [1.165, 1.54) is 23.7 Å². The molecule has 2 heterocycles. The number of halogens is 1. The predicted octanol–water partition coefficient (Wildman–Crippen LogP) is 2.98. The first-order chi connectivity index (χ1) is 8.15. The van der Waals surface area contributed by atoms with Gasteiger partial charge in [-0.1, -0.05) is 11.6 Å². The van der Waals surface area contributed by atoms with Crippen LogP contribution < -0.4 is 5.32 Å². The molecule has 0 radical (unpaired) electrons. The lowest BCUT2D eigenvalue weighted by Crippen LogP contribution is -2.11. The second-order valence-corrected chi connectivity index (χ2v) is 5.22. The number of aromatic carboxylic acids is 1. The predicted molar refractivity (Wildman–Crippen MR) is 65.5 cm³/mol. The van der Waals surface area contributed by atoms with Gasteiger partial charge in [0.05, 0.1) is 16.4 Å². The zero-order valence-electron chi connectivity index (χ0n) is 8.77. The Balaban J connectivity index is 1.83. The molecule has 2 N–H and O–H groups in total. The van der Waals surface area contributed by atoms with Crippen molar-refractivity contribution in [3.8, 4) is 0 Å². The Bertz CT molecular complexity index is 520. The first-order valence-corrected chi connectivity index (χ1v) is 6.10. The normalized spacial score (nSPS) is 10.6. The monoisotopic (exact) mass is 271 g/mol. The van der Waals surface area contributed by atoms with Crippen molar-refractivity contribution >= 4 is 28.9 Å². The van der Waals surface area contributed by atoms with Gasteiger partial charge in [-0.15, -0.1) is 11.3 Å². The molecule has 0 amide bonds. The van der Waals surface area contributed by atoms with E-state index in [4.69, 9.17) is 21.1 Å². The lowest BCUT2D eigenvalue weighted by Gasteiger charge is -1.99. The average Bonchev–Trinajstić information content (AvgIpc) is 2.88. The van der Waals surface area contributed by atoms with Crippen LogP contribution in [-0.4, -0.2) is 11.1 Å². The minimum Gasteiger partial charge on any atom is -0.478 e. The molecule has 6 heteroatoms. The quantitative estimate of drug-likeness (QED) is 0.878. The Morgan fingerprint density at radius 1 is 1.47 bits per heavy atom. The van der Waals surface area contributed by atoms with E-state index in [1.807, 2.05) is 12.1 Å². The maximum Gasteiger partial charge on any atom is 0.338 e. The molecule has 0 saturated carbocycles. The lowest BCUT2D eigenvalue weighted by atomic mass is 10.3. The fourth-order valence-corrected chi connectivity index (χ4v) is 2.40. The number of hydrogen-bond donors (Lipinski definition) is 2. The van der Waals surface area contributed by atoms with Gasteiger partial charge in [-0.2, -0.15) is 0 Å². The van der Waals surface area contributed by atoms with Gasteiger partial charge in [0.25, 0.3) is 0 Å². The number of carboxylic acids is 1. The molecule has 17 heavy (non-hydrogen) atoms. The largest absolute Gasteiger partial charge is 0.478 e. The highest BCUT2D eigenvalue weighted by Gasteiger charge is 2.07. The fourth-order valence-electron chi connectivity index (χ4n) is 1.34. The second kappa shape index (κ2) is 5.35. The molecule has 0 saturated heterocycles. The van der Waals surface area contributed by atoms with E-state index in [9.17, 15) is 4.79 Å². The van der Waals surface area contributed by atoms with Crippen LogP contribution in [0.5, 0.6) is 0 Å². The molecule has 0 unspecified atom stereocenters. The van der Waals surface area contributed by atoms with Gasteiger partial charge in [0, 0.05) is 11.4 Å². The van der Waals surface area contributed by atoms with Crippen LogP contribution in [0.2, 0.25) is 4.34 Å². The molecule has 4 nitrogen and oxygen atoms in total. The Morgan fingerprint density at radius 2 is 2.29 bits per heavy atom. The number of furan rings is 1. The zero-order valence-corrected chi connectivity index (χ0v) is 10.3. The molecule has 2 aromatic rings. The number of carbonyl (C=O) groups is 1. The van der Waals surface area contributed by atoms with Gasteiger partial charge in [0.2, 0.25) is 0 Å². The van der Waals surface area contributed by atoms with Crippen LogP contribution in [0.1, 0.15) is 21.0 Å². The standard InChI is InChI=1S/C11H10ClNO3S/c12-10-2-1-9(17-10)5-13-4-8-3-7(6-16-8)11(14)15/h1-3,6,13H,4-5H2,(H,14,15). The SMILES string of the molecule is O=C(O)c1coc(CNCc2ccc(Cl)s2)c1. The molecule has 0 spiro atoms. The Hall–Kier alpha value is -1.30. The third kappa shape index (κ3) is 3.33. The summed E-state index contributed by atoms with van der Waals surface area (Å²) in [5, 5.41) is 11.9. The molecule has 0 atom stereocenters. The first-order valence-electron chi connectivity index (χ1n) is 4.91. The summed E-state index contributed by atoms with van der Waals surface area (Å²) in [6, 6.07) is 5.31. The topological polar surface area (TPSA) is 62.5 Å². The van der Waals surface area contributed by atoms with E-state index in [0.717, 1.165) is 9.21 Å². The van der Waals surface area contributed by atoms with Crippen molar-refractivity contribution in [1.29, 1.82) is 0 Å². The molecule has 2 aromatic heterocycles. The highest BCUT2D eigenvalue weighted by Crippen LogP contribution is 2.21. The minimum absolute atomic E-state index is 0.168. The van der Waals surface area contributed by atoms with Crippen molar-refractivity contribution < 1.29 is 14.3 Å². The summed E-state index contributed by atoms with van der Waals surface area (Å²) in [7, 11) is 0. The van der Waals surface area contributed by atoms with Crippen LogP contribution in [0.25, 0.3) is 0 Å². The van der Waals surface area contributed by atoms with Crippen molar-refractivity contribution in [3.05, 3.63) is 45.0 Å². The minimum atomic E-state index is -0.981. The Morgan fingerprint density at radius 3 is 2.88 bits per heavy atom. The fraction of sp³-hybridized carbons (Fsp3) is 0.182. The van der Waals surface area contributed by atoms with E-state index in [1.54, 1.807) is 0 Å². The molecule has 0 fully saturated rings. The number of rotatable bonds is 5. The van der Waals surface area contributed by atoms with Crippen LogP contribution in [0.3, 0.4) is 0 Å². The molecule has 0 bridgehead atoms. The molecule has 90 valence electrons. The van der Waals surface area contributed by atoms with Crippen molar-refractivity contribution in [3.63, 3.8) is 0 Å². The molecular formula is C11H10ClNO3S. The molecule has 0 aromatic carbocycles. The van der Waals surface area contributed by atoms with Crippen LogP contribution in [0.15, 0.2) is 28.9 Å². The van der Waals surface area contributed by atoms with Crippen LogP contribution >= 0.6 is 22.9 Å². The third-order valence-corrected chi connectivity index (χ3v) is 3.36. The maximum absolute atomic E-state index is 10.6. The highest BCUT2D eigenvalue weighted by atomic mass is 35.5. The summed E-state index contributed by atoms with van der Waals surface area (Å²) in [6.45, 7) is 1.17. The highest BCUT2D eigenvalue weighted by molar-refractivity contribution is 7.16. The number of thiophene rings is 1. The van der Waals surface area contributed by atoms with Crippen LogP contribution in [0, 0.1) is 0 Å². The van der Waals surface area contributed by atoms with Gasteiger partial charge < -0.3 is 14.8 Å². The van der Waals surface area contributed by atoms with Crippen molar-refractivity contribution in [2.75, 3.05) is 0 Å². The summed E-state index contributed by atoms with van der Waals surface area (Å²) in [5.74, 6) is -0.380. The molecule has 0 aliphatic carbocycles. The van der Waals surface area contributed by atoms with Crippen molar-refractivity contribution in [2.24, 2.45) is 0 Å². The maximum atomic E-state index is 10.6.